The van der Waals surface area contributed by atoms with Crippen molar-refractivity contribution in [2.45, 2.75) is 32.0 Å². The Morgan fingerprint density at radius 1 is 0.893 bits per heavy atom. The highest BCUT2D eigenvalue weighted by Gasteiger charge is 2.68. The van der Waals surface area contributed by atoms with Gasteiger partial charge in [0.25, 0.3) is 0 Å². The number of hydrogen-bond donors (Lipinski definition) is 1. The fourth-order valence-corrected chi connectivity index (χ4v) is 9.37. The fourth-order valence-electron chi connectivity index (χ4n) is 9.19. The summed E-state index contributed by atoms with van der Waals surface area (Å²) in [6, 6.07) is 20.0. The largest absolute Gasteiger partial charge is 0.573 e. The van der Waals surface area contributed by atoms with Crippen molar-refractivity contribution in [3.8, 4) is 23.0 Å². The second kappa shape index (κ2) is 12.5. The van der Waals surface area contributed by atoms with E-state index in [1.807, 2.05) is 12.1 Å². The molecule has 4 aliphatic rings. The Bertz CT molecular complexity index is 2520. The van der Waals surface area contributed by atoms with Crippen molar-refractivity contribution in [2.24, 2.45) is 29.1 Å². The summed E-state index contributed by atoms with van der Waals surface area (Å²) in [6.45, 7) is 1.49. The molecule has 0 spiro atoms. The molecule has 3 heterocycles. The fraction of sp³-hybridized carbons (Fsp3) is 0.244. The Morgan fingerprint density at radius 2 is 1.62 bits per heavy atom. The number of imide groups is 2. The summed E-state index contributed by atoms with van der Waals surface area (Å²) in [5.74, 6) is -9.28. The number of para-hydroxylation sites is 2. The van der Waals surface area contributed by atoms with E-state index in [2.05, 4.69) is 9.72 Å². The first kappa shape index (κ1) is 35.7. The molecule has 56 heavy (non-hydrogen) atoms. The lowest BCUT2D eigenvalue weighted by molar-refractivity contribution is -0.274. The van der Waals surface area contributed by atoms with E-state index in [1.54, 1.807) is 42.5 Å². The molecule has 5 aromatic rings. The Balaban J connectivity index is 1.12. The van der Waals surface area contributed by atoms with Gasteiger partial charge in [0.05, 0.1) is 39.6 Å². The second-order valence-corrected chi connectivity index (χ2v) is 15.0. The number of aromatic hydroxyl groups is 1. The SMILES string of the molecule is CC12C(=O)N(c3ccc(F)c(Cl)c3)C(=O)C1CC1C(=CCC3C(=O)N(c4ccc(-c5nc6ccccc6o5)cc4)C(=O)C31)C2c1cc(OC(F)(F)F)ccc1O. The number of fused-ring (bicyclic) bond motifs is 5. The molecule has 15 heteroatoms. The molecule has 2 aliphatic heterocycles. The average molecular weight is 786 g/mol. The zero-order valence-electron chi connectivity index (χ0n) is 29.1. The van der Waals surface area contributed by atoms with Gasteiger partial charge in [-0.3, -0.25) is 24.1 Å². The standard InChI is InChI=1S/C41H28ClF4N3O7/c1-40-27(37(52)49(39(40)54)21-10-14-29(43)28(42)16-21)18-25-23(34(40)26-17-22(11-15-31(26)50)56-41(44,45)46)12-13-24-33(25)38(53)48(36(24)51)20-8-6-19(7-9-20)35-47-30-4-2-3-5-32(30)55-35/h2-12,14-17,24-25,27,33-34,50H,13,18H2,1H3. The van der Waals surface area contributed by atoms with Crippen molar-refractivity contribution in [1.82, 2.24) is 4.98 Å². The number of benzene rings is 4. The van der Waals surface area contributed by atoms with Gasteiger partial charge in [-0.25, -0.2) is 14.3 Å². The minimum atomic E-state index is -5.09. The zero-order valence-corrected chi connectivity index (χ0v) is 29.8. The van der Waals surface area contributed by atoms with Gasteiger partial charge in [-0.1, -0.05) is 35.4 Å². The number of oxazole rings is 1. The summed E-state index contributed by atoms with van der Waals surface area (Å²) in [5.41, 5.74) is 0.649. The summed E-state index contributed by atoms with van der Waals surface area (Å²) in [6.07, 6.45) is -3.45. The molecule has 1 saturated carbocycles. The zero-order chi connectivity index (χ0) is 39.4. The minimum Gasteiger partial charge on any atom is -0.508 e. The van der Waals surface area contributed by atoms with Crippen LogP contribution in [-0.4, -0.2) is 40.1 Å². The van der Waals surface area contributed by atoms with Gasteiger partial charge in [0, 0.05) is 17.0 Å². The number of phenols is 1. The van der Waals surface area contributed by atoms with E-state index in [9.17, 15) is 41.8 Å². The predicted octanol–water partition coefficient (Wildman–Crippen LogP) is 8.33. The van der Waals surface area contributed by atoms with Gasteiger partial charge < -0.3 is 14.3 Å². The van der Waals surface area contributed by atoms with Crippen molar-refractivity contribution in [3.05, 3.63) is 113 Å². The number of anilines is 2. The van der Waals surface area contributed by atoms with Crippen LogP contribution in [0, 0.1) is 34.9 Å². The Hall–Kier alpha value is -6.02. The van der Waals surface area contributed by atoms with Crippen LogP contribution in [-0.2, 0) is 19.2 Å². The summed E-state index contributed by atoms with van der Waals surface area (Å²) < 4.78 is 64.5. The first-order valence-corrected chi connectivity index (χ1v) is 18.0. The molecular weight excluding hydrogens is 758 g/mol. The number of carbonyl (C=O) groups is 4. The molecule has 6 unspecified atom stereocenters. The monoisotopic (exact) mass is 785 g/mol. The smallest absolute Gasteiger partial charge is 0.508 e. The first-order chi connectivity index (χ1) is 26.7. The minimum absolute atomic E-state index is 0.0337. The van der Waals surface area contributed by atoms with E-state index in [1.165, 1.54) is 13.0 Å². The number of amides is 4. The van der Waals surface area contributed by atoms with Crippen molar-refractivity contribution < 1.29 is 51.0 Å². The molecule has 6 atom stereocenters. The number of alkyl halides is 3. The lowest BCUT2D eigenvalue weighted by Gasteiger charge is -2.49. The third kappa shape index (κ3) is 5.33. The van der Waals surface area contributed by atoms with Crippen molar-refractivity contribution in [2.75, 3.05) is 9.80 Å². The Morgan fingerprint density at radius 3 is 2.34 bits per heavy atom. The lowest BCUT2D eigenvalue weighted by Crippen LogP contribution is -2.49. The molecule has 284 valence electrons. The number of nitrogens with zero attached hydrogens (tertiary/aromatic N) is 3. The maximum Gasteiger partial charge on any atom is 0.573 e. The van der Waals surface area contributed by atoms with Gasteiger partial charge in [-0.05, 0) is 98.5 Å². The lowest BCUT2D eigenvalue weighted by atomic mass is 9.51. The van der Waals surface area contributed by atoms with Gasteiger partial charge in [-0.15, -0.1) is 13.2 Å². The van der Waals surface area contributed by atoms with Gasteiger partial charge >= 0.3 is 6.36 Å². The van der Waals surface area contributed by atoms with Crippen LogP contribution in [0.1, 0.15) is 31.2 Å². The van der Waals surface area contributed by atoms with Gasteiger partial charge in [-0.2, -0.15) is 0 Å². The second-order valence-electron chi connectivity index (χ2n) is 14.6. The maximum absolute atomic E-state index is 14.6. The van der Waals surface area contributed by atoms with E-state index >= 15 is 0 Å². The van der Waals surface area contributed by atoms with E-state index in [0.29, 0.717) is 28.1 Å². The predicted molar refractivity (Wildman–Crippen MR) is 193 cm³/mol. The van der Waals surface area contributed by atoms with Crippen molar-refractivity contribution >= 4 is 57.7 Å². The molecule has 2 saturated heterocycles. The number of halogens is 5. The molecule has 0 bridgehead atoms. The molecule has 1 aromatic heterocycles. The number of phenolic OH excluding ortho intramolecular Hbond substituents is 1. The van der Waals surface area contributed by atoms with Crippen LogP contribution >= 0.6 is 11.6 Å². The number of carbonyl (C=O) groups excluding carboxylic acids is 4. The summed E-state index contributed by atoms with van der Waals surface area (Å²) >= 11 is 6.05. The van der Waals surface area contributed by atoms with E-state index < -0.39 is 82.3 Å². The average Bonchev–Trinajstić information content (AvgIpc) is 3.77. The van der Waals surface area contributed by atoms with Crippen LogP contribution in [0.4, 0.5) is 28.9 Å². The van der Waals surface area contributed by atoms with E-state index in [-0.39, 0.29) is 34.8 Å². The molecule has 1 N–H and O–H groups in total. The quantitative estimate of drug-likeness (QED) is 0.107. The summed E-state index contributed by atoms with van der Waals surface area (Å²) in [4.78, 5) is 64.1. The van der Waals surface area contributed by atoms with E-state index in [4.69, 9.17) is 16.0 Å². The summed E-state index contributed by atoms with van der Waals surface area (Å²) in [5, 5.41) is 10.9. The van der Waals surface area contributed by atoms with Gasteiger partial charge in [0.2, 0.25) is 29.5 Å². The van der Waals surface area contributed by atoms with Crippen LogP contribution in [0.25, 0.3) is 22.6 Å². The highest BCUT2D eigenvalue weighted by atomic mass is 35.5. The molecule has 3 fully saturated rings. The summed E-state index contributed by atoms with van der Waals surface area (Å²) in [7, 11) is 0. The molecule has 0 radical (unpaired) electrons. The molecule has 9 rings (SSSR count). The van der Waals surface area contributed by atoms with E-state index in [0.717, 1.165) is 40.1 Å². The highest BCUT2D eigenvalue weighted by molar-refractivity contribution is 6.32. The van der Waals surface area contributed by atoms with Crippen molar-refractivity contribution in [3.63, 3.8) is 0 Å². The third-order valence-corrected chi connectivity index (χ3v) is 11.9. The number of ether oxygens (including phenoxy) is 1. The molecule has 4 amide bonds. The molecule has 10 nitrogen and oxygen atoms in total. The number of rotatable bonds is 5. The molecule has 4 aromatic carbocycles. The highest BCUT2D eigenvalue weighted by Crippen LogP contribution is 2.64. The Labute approximate surface area is 319 Å². The number of allylic oxidation sites excluding steroid dienone is 2. The normalized spacial score (nSPS) is 26.0. The maximum atomic E-state index is 14.6. The number of aromatic nitrogens is 1. The van der Waals surface area contributed by atoms with Gasteiger partial charge in [0.15, 0.2) is 5.58 Å². The Kier molecular flexibility index (Phi) is 7.96. The number of hydrogen-bond acceptors (Lipinski definition) is 8. The van der Waals surface area contributed by atoms with Crippen LogP contribution in [0.5, 0.6) is 11.5 Å². The van der Waals surface area contributed by atoms with Crippen LogP contribution in [0.2, 0.25) is 5.02 Å². The third-order valence-electron chi connectivity index (χ3n) is 11.6. The van der Waals surface area contributed by atoms with Crippen LogP contribution in [0.15, 0.2) is 101 Å². The van der Waals surface area contributed by atoms with Crippen LogP contribution < -0.4 is 14.5 Å². The first-order valence-electron chi connectivity index (χ1n) is 17.6. The van der Waals surface area contributed by atoms with Crippen LogP contribution in [0.3, 0.4) is 0 Å². The molecule has 2 aliphatic carbocycles. The van der Waals surface area contributed by atoms with Gasteiger partial charge in [0.1, 0.15) is 22.8 Å². The van der Waals surface area contributed by atoms with Crippen molar-refractivity contribution in [1.29, 1.82) is 0 Å². The molecular formula is C41H28ClF4N3O7. The topological polar surface area (TPSA) is 130 Å².